The van der Waals surface area contributed by atoms with E-state index in [9.17, 15) is 24.3 Å². The second-order valence-corrected chi connectivity index (χ2v) is 10.2. The average molecular weight is 578 g/mol. The van der Waals surface area contributed by atoms with Crippen molar-refractivity contribution in [1.82, 2.24) is 36.3 Å². The maximum Gasteiger partial charge on any atom is 0.252 e. The summed E-state index contributed by atoms with van der Waals surface area (Å²) in [6.45, 7) is 5.26. The molecule has 4 amide bonds. The molecule has 5 N–H and O–H groups in total. The van der Waals surface area contributed by atoms with Gasteiger partial charge >= 0.3 is 0 Å². The summed E-state index contributed by atoms with van der Waals surface area (Å²) in [7, 11) is 0. The summed E-state index contributed by atoms with van der Waals surface area (Å²) in [5, 5.41) is 28.8. The first-order valence-corrected chi connectivity index (χ1v) is 13.6. The molecule has 4 bridgehead atoms. The van der Waals surface area contributed by atoms with Crippen LogP contribution in [0.5, 0.6) is 5.75 Å². The van der Waals surface area contributed by atoms with Crippen LogP contribution in [0.3, 0.4) is 0 Å². The first kappa shape index (κ1) is 30.2. The smallest absolute Gasteiger partial charge is 0.252 e. The van der Waals surface area contributed by atoms with Gasteiger partial charge in [0.25, 0.3) is 5.91 Å². The van der Waals surface area contributed by atoms with Crippen molar-refractivity contribution in [3.05, 3.63) is 77.1 Å². The number of rotatable bonds is 3. The van der Waals surface area contributed by atoms with Gasteiger partial charge in [-0.15, -0.1) is 5.10 Å². The van der Waals surface area contributed by atoms with E-state index in [-0.39, 0.29) is 19.6 Å². The van der Waals surface area contributed by atoms with Crippen LogP contribution in [0.15, 0.2) is 54.7 Å². The molecule has 13 heteroatoms. The maximum absolute atomic E-state index is 13.4. The second-order valence-electron chi connectivity index (χ2n) is 10.2. The van der Waals surface area contributed by atoms with Crippen molar-refractivity contribution in [2.45, 2.75) is 64.5 Å². The van der Waals surface area contributed by atoms with Crippen LogP contribution in [0.1, 0.15) is 41.0 Å². The van der Waals surface area contributed by atoms with E-state index in [1.807, 2.05) is 37.3 Å². The van der Waals surface area contributed by atoms with Gasteiger partial charge in [0.05, 0.1) is 25.4 Å². The Morgan fingerprint density at radius 2 is 1.79 bits per heavy atom. The molecule has 2 aromatic carbocycles. The van der Waals surface area contributed by atoms with E-state index >= 15 is 0 Å². The van der Waals surface area contributed by atoms with Crippen molar-refractivity contribution in [3.63, 3.8) is 0 Å². The lowest BCUT2D eigenvalue weighted by Gasteiger charge is -2.24. The van der Waals surface area contributed by atoms with Gasteiger partial charge in [0.1, 0.15) is 36.2 Å². The largest absolute Gasteiger partial charge is 0.491 e. The molecule has 0 saturated carbocycles. The lowest BCUT2D eigenvalue weighted by Crippen LogP contribution is -2.58. The van der Waals surface area contributed by atoms with E-state index < -0.39 is 47.9 Å². The van der Waals surface area contributed by atoms with Crippen LogP contribution < -0.4 is 26.0 Å². The summed E-state index contributed by atoms with van der Waals surface area (Å²) in [6, 6.07) is 10.8. The number of hydrogen-bond acceptors (Lipinski definition) is 8. The van der Waals surface area contributed by atoms with E-state index in [1.165, 1.54) is 13.8 Å². The van der Waals surface area contributed by atoms with Crippen LogP contribution >= 0.6 is 0 Å². The van der Waals surface area contributed by atoms with Gasteiger partial charge in [-0.2, -0.15) is 0 Å². The van der Waals surface area contributed by atoms with Crippen molar-refractivity contribution >= 4 is 23.6 Å². The molecular weight excluding hydrogens is 542 g/mol. The molecule has 13 nitrogen and oxygen atoms in total. The van der Waals surface area contributed by atoms with Crippen LogP contribution in [0, 0.1) is 6.92 Å². The molecule has 4 atom stereocenters. The summed E-state index contributed by atoms with van der Waals surface area (Å²) in [5.41, 5.74) is 2.38. The van der Waals surface area contributed by atoms with Crippen LogP contribution in [-0.4, -0.2) is 74.6 Å². The molecule has 0 spiro atoms. The zero-order valence-corrected chi connectivity index (χ0v) is 23.7. The number of aliphatic hydroxyl groups is 1. The number of nitrogens with one attached hydrogen (secondary N) is 4. The predicted octanol–water partition coefficient (Wildman–Crippen LogP) is 0.00672. The summed E-state index contributed by atoms with van der Waals surface area (Å²) in [6.07, 6.45) is 0.582. The van der Waals surface area contributed by atoms with Crippen molar-refractivity contribution in [3.8, 4) is 5.75 Å². The minimum atomic E-state index is -1.29. The number of ether oxygens (including phenoxy) is 1. The zero-order chi connectivity index (χ0) is 30.2. The van der Waals surface area contributed by atoms with Gasteiger partial charge < -0.3 is 31.1 Å². The van der Waals surface area contributed by atoms with Crippen LogP contribution in [-0.2, 0) is 33.9 Å². The molecule has 0 unspecified atom stereocenters. The van der Waals surface area contributed by atoms with Crippen molar-refractivity contribution in [2.24, 2.45) is 0 Å². The molecule has 1 aliphatic rings. The number of aromatic nitrogens is 3. The first-order chi connectivity index (χ1) is 20.1. The summed E-state index contributed by atoms with van der Waals surface area (Å²) < 4.78 is 7.48. The Kier molecular flexibility index (Phi) is 9.86. The summed E-state index contributed by atoms with van der Waals surface area (Å²) >= 11 is 0. The maximum atomic E-state index is 13.4. The van der Waals surface area contributed by atoms with Crippen molar-refractivity contribution in [1.29, 1.82) is 0 Å². The second kappa shape index (κ2) is 13.7. The van der Waals surface area contributed by atoms with Gasteiger partial charge in [-0.1, -0.05) is 41.6 Å². The third kappa shape index (κ3) is 7.91. The highest BCUT2D eigenvalue weighted by Gasteiger charge is 2.30. The number of carbonyl (C=O) groups is 4. The molecule has 2 heterocycles. The number of carbonyl (C=O) groups excluding carboxylic acids is 4. The topological polar surface area (TPSA) is 177 Å². The van der Waals surface area contributed by atoms with E-state index in [4.69, 9.17) is 4.74 Å². The van der Waals surface area contributed by atoms with Gasteiger partial charge in [0.2, 0.25) is 17.7 Å². The summed E-state index contributed by atoms with van der Waals surface area (Å²) in [5.74, 6) is -1.91. The van der Waals surface area contributed by atoms with Gasteiger partial charge in [-0.25, -0.2) is 4.68 Å². The highest BCUT2D eigenvalue weighted by molar-refractivity contribution is 5.99. The molecule has 222 valence electrons. The van der Waals surface area contributed by atoms with Gasteiger partial charge in [-0.05, 0) is 44.0 Å². The molecule has 0 radical (unpaired) electrons. The molecule has 42 heavy (non-hydrogen) atoms. The molecule has 0 aliphatic carbocycles. The van der Waals surface area contributed by atoms with Crippen LogP contribution in [0.2, 0.25) is 0 Å². The Morgan fingerprint density at radius 1 is 1.02 bits per heavy atom. The standard InChI is InChI=1S/C29H35N7O6/c1-17-9-10-21-14-24(17)42-12-11-36-16-22(34-35-36)15-30-29(41)25(19(3)37)33-26(38)18(2)31-28(40)23(32-27(21)39)13-20-7-5-4-6-8-20/h4-10,14,16,18-19,23,25,37H,11-13,15H2,1-3H3,(H,30,41)(H,31,40)(H,32,39)(H,33,38)/t18-,19-,23-,25+/m1/s1. The molecule has 0 saturated heterocycles. The quantitative estimate of drug-likeness (QED) is 0.289. The van der Waals surface area contributed by atoms with Crippen molar-refractivity contribution < 1.29 is 29.0 Å². The minimum absolute atomic E-state index is 0.0151. The third-order valence-electron chi connectivity index (χ3n) is 6.78. The number of nitrogens with zero attached hydrogens (tertiary/aromatic N) is 3. The van der Waals surface area contributed by atoms with E-state index in [1.54, 1.807) is 29.1 Å². The number of aryl methyl sites for hydroxylation is 1. The van der Waals surface area contributed by atoms with E-state index in [0.29, 0.717) is 23.6 Å². The van der Waals surface area contributed by atoms with E-state index in [2.05, 4.69) is 31.6 Å². The monoisotopic (exact) mass is 577 g/mol. The molecule has 3 aromatic rings. The molecular formula is C29H35N7O6. The average Bonchev–Trinajstić information content (AvgIpc) is 3.42. The van der Waals surface area contributed by atoms with Gasteiger partial charge in [0, 0.05) is 12.0 Å². The van der Waals surface area contributed by atoms with Gasteiger partial charge in [0.15, 0.2) is 0 Å². The number of hydrogen-bond donors (Lipinski definition) is 5. The minimum Gasteiger partial charge on any atom is -0.491 e. The highest BCUT2D eigenvalue weighted by atomic mass is 16.5. The fourth-order valence-electron chi connectivity index (χ4n) is 4.33. The number of amides is 4. The van der Waals surface area contributed by atoms with Crippen molar-refractivity contribution in [2.75, 3.05) is 6.61 Å². The van der Waals surface area contributed by atoms with Crippen LogP contribution in [0.25, 0.3) is 0 Å². The predicted molar refractivity (Wildman–Crippen MR) is 151 cm³/mol. The molecule has 0 fully saturated rings. The Morgan fingerprint density at radius 3 is 2.52 bits per heavy atom. The lowest BCUT2D eigenvalue weighted by molar-refractivity contribution is -0.134. The highest BCUT2D eigenvalue weighted by Crippen LogP contribution is 2.20. The fraction of sp³-hybridized carbons (Fsp3) is 0.379. The third-order valence-corrected chi connectivity index (χ3v) is 6.78. The summed E-state index contributed by atoms with van der Waals surface area (Å²) in [4.78, 5) is 52.5. The Hall–Kier alpha value is -4.78. The fourth-order valence-corrected chi connectivity index (χ4v) is 4.33. The Labute approximate surface area is 243 Å². The zero-order valence-electron chi connectivity index (χ0n) is 23.7. The number of aliphatic hydroxyl groups excluding tert-OH is 1. The molecule has 1 aliphatic heterocycles. The number of fused-ring (bicyclic) bond motifs is 4. The number of benzene rings is 2. The van der Waals surface area contributed by atoms with Gasteiger partial charge in [-0.3, -0.25) is 19.2 Å². The first-order valence-electron chi connectivity index (χ1n) is 13.6. The Balaban J connectivity index is 1.62. The normalized spacial score (nSPS) is 21.5. The SMILES string of the molecule is Cc1ccc2cc1OCCn1cc(nn1)CNC(=O)[C@H]([C@@H](C)O)NC(=O)[C@@H](C)NC(=O)[C@@H](Cc1ccccc1)NC2=O. The lowest BCUT2D eigenvalue weighted by atomic mass is 10.0. The Bertz CT molecular complexity index is 1420. The van der Waals surface area contributed by atoms with E-state index in [0.717, 1.165) is 11.1 Å². The molecule has 4 rings (SSSR count). The molecule has 1 aromatic heterocycles. The van der Waals surface area contributed by atoms with Crippen LogP contribution in [0.4, 0.5) is 0 Å².